The van der Waals surface area contributed by atoms with Crippen molar-refractivity contribution in [1.82, 2.24) is 19.5 Å². The van der Waals surface area contributed by atoms with Crippen molar-refractivity contribution in [3.8, 4) is 0 Å². The van der Waals surface area contributed by atoms with Crippen LogP contribution in [0.15, 0.2) is 28.2 Å². The SMILES string of the molecule is CCn1c(N)c(NCc2ccncn2)c(=O)[nH]c1=O. The molecule has 8 nitrogen and oxygen atoms in total. The van der Waals surface area contributed by atoms with E-state index in [9.17, 15) is 9.59 Å². The highest BCUT2D eigenvalue weighted by Crippen LogP contribution is 2.10. The van der Waals surface area contributed by atoms with Crippen LogP contribution in [-0.4, -0.2) is 19.5 Å². The molecule has 0 fully saturated rings. The summed E-state index contributed by atoms with van der Waals surface area (Å²) >= 11 is 0. The van der Waals surface area contributed by atoms with Gasteiger partial charge in [-0.2, -0.15) is 0 Å². The molecule has 100 valence electrons. The zero-order valence-corrected chi connectivity index (χ0v) is 10.4. The fraction of sp³-hybridized carbons (Fsp3) is 0.273. The van der Waals surface area contributed by atoms with Crippen LogP contribution in [0.25, 0.3) is 0 Å². The fourth-order valence-electron chi connectivity index (χ4n) is 1.67. The van der Waals surface area contributed by atoms with Crippen LogP contribution < -0.4 is 22.3 Å². The number of hydrogen-bond acceptors (Lipinski definition) is 6. The van der Waals surface area contributed by atoms with Gasteiger partial charge in [0.15, 0.2) is 0 Å². The molecule has 19 heavy (non-hydrogen) atoms. The van der Waals surface area contributed by atoms with Crippen molar-refractivity contribution in [2.24, 2.45) is 0 Å². The summed E-state index contributed by atoms with van der Waals surface area (Å²) < 4.78 is 1.28. The fourth-order valence-corrected chi connectivity index (χ4v) is 1.67. The highest BCUT2D eigenvalue weighted by Gasteiger charge is 2.10. The van der Waals surface area contributed by atoms with Crippen LogP contribution in [0.3, 0.4) is 0 Å². The Hall–Kier alpha value is -2.64. The van der Waals surface area contributed by atoms with Gasteiger partial charge in [0.05, 0.1) is 12.2 Å². The normalized spacial score (nSPS) is 10.4. The maximum absolute atomic E-state index is 11.7. The third-order valence-corrected chi connectivity index (χ3v) is 2.65. The predicted molar refractivity (Wildman–Crippen MR) is 70.8 cm³/mol. The molecule has 0 amide bonds. The van der Waals surface area contributed by atoms with Gasteiger partial charge in [0.1, 0.15) is 17.8 Å². The number of nitrogens with two attached hydrogens (primary N) is 1. The number of hydrogen-bond donors (Lipinski definition) is 3. The molecule has 2 aromatic rings. The van der Waals surface area contributed by atoms with E-state index >= 15 is 0 Å². The van der Waals surface area contributed by atoms with E-state index < -0.39 is 11.2 Å². The largest absolute Gasteiger partial charge is 0.383 e. The monoisotopic (exact) mass is 262 g/mol. The van der Waals surface area contributed by atoms with Crippen LogP contribution in [0, 0.1) is 0 Å². The minimum Gasteiger partial charge on any atom is -0.383 e. The number of nitrogen functional groups attached to an aromatic ring is 1. The van der Waals surface area contributed by atoms with E-state index in [0.717, 1.165) is 0 Å². The minimum atomic E-state index is -0.541. The van der Waals surface area contributed by atoms with E-state index in [0.29, 0.717) is 18.8 Å². The van der Waals surface area contributed by atoms with Crippen molar-refractivity contribution in [3.63, 3.8) is 0 Å². The quantitative estimate of drug-likeness (QED) is 0.686. The Labute approximate surface area is 108 Å². The molecule has 4 N–H and O–H groups in total. The first-order valence-corrected chi connectivity index (χ1v) is 5.74. The van der Waals surface area contributed by atoms with Gasteiger partial charge in [-0.25, -0.2) is 14.8 Å². The third-order valence-electron chi connectivity index (χ3n) is 2.65. The molecule has 0 unspecified atom stereocenters. The summed E-state index contributed by atoms with van der Waals surface area (Å²) in [6, 6.07) is 1.72. The molecule has 0 aliphatic rings. The maximum atomic E-state index is 11.7. The van der Waals surface area contributed by atoms with Gasteiger partial charge < -0.3 is 11.1 Å². The van der Waals surface area contributed by atoms with Crippen LogP contribution in [0.2, 0.25) is 0 Å². The Morgan fingerprint density at radius 2 is 2.26 bits per heavy atom. The van der Waals surface area contributed by atoms with E-state index in [1.807, 2.05) is 0 Å². The van der Waals surface area contributed by atoms with E-state index in [-0.39, 0.29) is 11.5 Å². The van der Waals surface area contributed by atoms with Crippen LogP contribution >= 0.6 is 0 Å². The van der Waals surface area contributed by atoms with Crippen LogP contribution in [-0.2, 0) is 13.1 Å². The number of anilines is 2. The number of nitrogens with one attached hydrogen (secondary N) is 2. The molecule has 0 atom stereocenters. The Bertz CT molecular complexity index is 676. The molecule has 2 rings (SSSR count). The average Bonchev–Trinajstić information content (AvgIpc) is 2.39. The van der Waals surface area contributed by atoms with Gasteiger partial charge in [0.25, 0.3) is 5.56 Å². The summed E-state index contributed by atoms with van der Waals surface area (Å²) in [7, 11) is 0. The second-order valence-electron chi connectivity index (χ2n) is 3.82. The molecule has 0 aliphatic heterocycles. The predicted octanol–water partition coefficient (Wildman–Crippen LogP) is -0.459. The van der Waals surface area contributed by atoms with Crippen molar-refractivity contribution >= 4 is 11.5 Å². The zero-order valence-electron chi connectivity index (χ0n) is 10.4. The summed E-state index contributed by atoms with van der Waals surface area (Å²) in [5.41, 5.74) is 5.63. The van der Waals surface area contributed by atoms with Crippen LogP contribution in [0.1, 0.15) is 12.6 Å². The molecular formula is C11H14N6O2. The second kappa shape index (κ2) is 5.34. The Kier molecular flexibility index (Phi) is 3.60. The molecule has 0 spiro atoms. The molecular weight excluding hydrogens is 248 g/mol. The lowest BCUT2D eigenvalue weighted by molar-refractivity contribution is 0.706. The van der Waals surface area contributed by atoms with Crippen LogP contribution in [0.4, 0.5) is 11.5 Å². The standard InChI is InChI=1S/C11H14N6O2/c1-2-17-9(12)8(10(18)16-11(17)19)14-5-7-3-4-13-6-15-7/h3-4,6,14H,2,5,12H2,1H3,(H,16,18,19). The molecule has 0 aliphatic carbocycles. The van der Waals surface area contributed by atoms with Gasteiger partial charge in [0, 0.05) is 12.7 Å². The number of nitrogens with zero attached hydrogens (tertiary/aromatic N) is 3. The third kappa shape index (κ3) is 2.62. The zero-order chi connectivity index (χ0) is 13.8. The Balaban J connectivity index is 2.31. The summed E-state index contributed by atoms with van der Waals surface area (Å²) in [4.78, 5) is 33.2. The van der Waals surface area contributed by atoms with Gasteiger partial charge in [-0.3, -0.25) is 14.3 Å². The first kappa shape index (κ1) is 12.8. The van der Waals surface area contributed by atoms with E-state index in [1.54, 1.807) is 19.2 Å². The molecule has 8 heteroatoms. The van der Waals surface area contributed by atoms with Crippen LogP contribution in [0.5, 0.6) is 0 Å². The Morgan fingerprint density at radius 1 is 1.47 bits per heavy atom. The number of aromatic nitrogens is 4. The number of aromatic amines is 1. The first-order valence-electron chi connectivity index (χ1n) is 5.74. The lowest BCUT2D eigenvalue weighted by Crippen LogP contribution is -2.33. The van der Waals surface area contributed by atoms with Crippen molar-refractivity contribution in [2.75, 3.05) is 11.1 Å². The second-order valence-corrected chi connectivity index (χ2v) is 3.82. The lowest BCUT2D eigenvalue weighted by atomic mass is 10.3. The van der Waals surface area contributed by atoms with Gasteiger partial charge in [-0.1, -0.05) is 0 Å². The van der Waals surface area contributed by atoms with Gasteiger partial charge >= 0.3 is 5.69 Å². The van der Waals surface area contributed by atoms with E-state index in [1.165, 1.54) is 10.9 Å². The van der Waals surface area contributed by atoms with Gasteiger partial charge in [-0.05, 0) is 13.0 Å². The summed E-state index contributed by atoms with van der Waals surface area (Å²) in [6.45, 7) is 2.46. The van der Waals surface area contributed by atoms with Gasteiger partial charge in [0.2, 0.25) is 0 Å². The smallest absolute Gasteiger partial charge is 0.330 e. The lowest BCUT2D eigenvalue weighted by Gasteiger charge is -2.11. The molecule has 0 saturated heterocycles. The van der Waals surface area contributed by atoms with Crippen molar-refractivity contribution in [3.05, 3.63) is 45.1 Å². The number of H-pyrrole nitrogens is 1. The molecule has 0 radical (unpaired) electrons. The minimum absolute atomic E-state index is 0.116. The molecule has 2 heterocycles. The topological polar surface area (TPSA) is 119 Å². The first-order chi connectivity index (χ1) is 9.13. The number of rotatable bonds is 4. The molecule has 0 aromatic carbocycles. The van der Waals surface area contributed by atoms with Crippen molar-refractivity contribution < 1.29 is 0 Å². The molecule has 2 aromatic heterocycles. The van der Waals surface area contributed by atoms with Crippen molar-refractivity contribution in [1.29, 1.82) is 0 Å². The van der Waals surface area contributed by atoms with Crippen molar-refractivity contribution in [2.45, 2.75) is 20.0 Å². The van der Waals surface area contributed by atoms with E-state index in [4.69, 9.17) is 5.73 Å². The molecule has 0 bridgehead atoms. The maximum Gasteiger partial charge on any atom is 0.330 e. The summed E-state index contributed by atoms with van der Waals surface area (Å²) in [5, 5.41) is 2.88. The Morgan fingerprint density at radius 3 is 2.89 bits per heavy atom. The highest BCUT2D eigenvalue weighted by atomic mass is 16.2. The summed E-state index contributed by atoms with van der Waals surface area (Å²) in [5.74, 6) is 0.116. The molecule has 0 saturated carbocycles. The average molecular weight is 262 g/mol. The highest BCUT2D eigenvalue weighted by molar-refractivity contribution is 5.60. The van der Waals surface area contributed by atoms with Gasteiger partial charge in [-0.15, -0.1) is 0 Å². The van der Waals surface area contributed by atoms with E-state index in [2.05, 4.69) is 20.3 Å². The summed E-state index contributed by atoms with van der Waals surface area (Å²) in [6.07, 6.45) is 3.02.